The fourth-order valence-corrected chi connectivity index (χ4v) is 1.60. The van der Waals surface area contributed by atoms with Gasteiger partial charge in [-0.15, -0.1) is 11.3 Å². The van der Waals surface area contributed by atoms with Gasteiger partial charge in [0.25, 0.3) is 0 Å². The lowest BCUT2D eigenvalue weighted by atomic mass is 10.5. The summed E-state index contributed by atoms with van der Waals surface area (Å²) >= 11 is 1.58. The average molecular weight is 168 g/mol. The van der Waals surface area contributed by atoms with Crippen molar-refractivity contribution in [3.05, 3.63) is 16.8 Å². The van der Waals surface area contributed by atoms with Crippen molar-refractivity contribution in [3.63, 3.8) is 0 Å². The maximum Gasteiger partial charge on any atom is 0.132 e. The van der Waals surface area contributed by atoms with Crippen LogP contribution in [0, 0.1) is 5.38 Å². The molecule has 2 rings (SSSR count). The minimum Gasteiger partial charge on any atom is -0.356 e. The summed E-state index contributed by atoms with van der Waals surface area (Å²) in [6.45, 7) is 2.06. The molecular formula is C7H10N3S. The van der Waals surface area contributed by atoms with Gasteiger partial charge >= 0.3 is 0 Å². The molecule has 1 aliphatic heterocycles. The van der Waals surface area contributed by atoms with E-state index in [0.717, 1.165) is 18.8 Å². The van der Waals surface area contributed by atoms with Crippen LogP contribution in [0.1, 0.15) is 0 Å². The van der Waals surface area contributed by atoms with Gasteiger partial charge in [-0.1, -0.05) is 0 Å². The summed E-state index contributed by atoms with van der Waals surface area (Å²) < 4.78 is 0. The van der Waals surface area contributed by atoms with Crippen molar-refractivity contribution in [2.45, 2.75) is 6.29 Å². The molecule has 0 aromatic carbocycles. The lowest BCUT2D eigenvalue weighted by Crippen LogP contribution is -2.38. The van der Waals surface area contributed by atoms with Gasteiger partial charge in [0.1, 0.15) is 6.29 Å². The van der Waals surface area contributed by atoms with Gasteiger partial charge in [-0.2, -0.15) is 0 Å². The molecule has 1 aromatic heterocycles. The zero-order valence-corrected chi connectivity index (χ0v) is 6.87. The predicted molar refractivity (Wildman–Crippen MR) is 46.6 cm³/mol. The lowest BCUT2D eigenvalue weighted by Gasteiger charge is -2.11. The highest BCUT2D eigenvalue weighted by Crippen LogP contribution is 2.10. The van der Waals surface area contributed by atoms with Crippen LogP contribution in [0.5, 0.6) is 0 Å². The maximum absolute atomic E-state index is 3.26. The Labute approximate surface area is 69.8 Å². The number of anilines is 1. The molecule has 4 heteroatoms. The van der Waals surface area contributed by atoms with Crippen molar-refractivity contribution >= 4 is 17.0 Å². The molecule has 1 aliphatic rings. The molecule has 1 radical (unpaired) electrons. The van der Waals surface area contributed by atoms with Crippen LogP contribution in [0.4, 0.5) is 5.69 Å². The van der Waals surface area contributed by atoms with E-state index in [4.69, 9.17) is 0 Å². The SMILES string of the molecule is [c]1sccc1NC1NCCN1. The Bertz CT molecular complexity index is 203. The molecule has 59 valence electrons. The normalized spacial score (nSPS) is 18.9. The monoisotopic (exact) mass is 168 g/mol. The first-order valence-corrected chi connectivity index (χ1v) is 4.51. The van der Waals surface area contributed by atoms with E-state index in [-0.39, 0.29) is 6.29 Å². The highest BCUT2D eigenvalue weighted by atomic mass is 32.1. The second kappa shape index (κ2) is 3.21. The van der Waals surface area contributed by atoms with E-state index in [9.17, 15) is 0 Å². The number of hydrogen-bond acceptors (Lipinski definition) is 4. The Hall–Kier alpha value is -0.580. The quantitative estimate of drug-likeness (QED) is 0.599. The smallest absolute Gasteiger partial charge is 0.132 e. The second-order valence-electron chi connectivity index (χ2n) is 2.42. The summed E-state index contributed by atoms with van der Waals surface area (Å²) in [7, 11) is 0. The van der Waals surface area contributed by atoms with Crippen molar-refractivity contribution in [2.24, 2.45) is 0 Å². The first-order valence-electron chi connectivity index (χ1n) is 3.63. The van der Waals surface area contributed by atoms with Crippen LogP contribution in [0.3, 0.4) is 0 Å². The van der Waals surface area contributed by atoms with Gasteiger partial charge in [0, 0.05) is 13.1 Å². The molecule has 3 N–H and O–H groups in total. The molecule has 1 fully saturated rings. The molecule has 0 bridgehead atoms. The fraction of sp³-hybridized carbons (Fsp3) is 0.429. The summed E-state index contributed by atoms with van der Waals surface area (Å²) in [5, 5.41) is 14.9. The fourth-order valence-electron chi connectivity index (χ4n) is 1.07. The number of rotatable bonds is 2. The average Bonchev–Trinajstić information content (AvgIpc) is 2.60. The van der Waals surface area contributed by atoms with E-state index in [1.54, 1.807) is 11.3 Å². The summed E-state index contributed by atoms with van der Waals surface area (Å²) in [5.74, 6) is 0. The Balaban J connectivity index is 1.90. The van der Waals surface area contributed by atoms with E-state index in [1.807, 2.05) is 11.4 Å². The maximum atomic E-state index is 3.26. The van der Waals surface area contributed by atoms with Crippen LogP contribution in [0.15, 0.2) is 11.4 Å². The van der Waals surface area contributed by atoms with Crippen LogP contribution < -0.4 is 16.0 Å². The van der Waals surface area contributed by atoms with Crippen LogP contribution >= 0.6 is 11.3 Å². The number of hydrogen-bond donors (Lipinski definition) is 3. The van der Waals surface area contributed by atoms with Gasteiger partial charge < -0.3 is 5.32 Å². The molecule has 0 unspecified atom stereocenters. The molecule has 2 heterocycles. The molecular weight excluding hydrogens is 158 g/mol. The third kappa shape index (κ3) is 1.71. The van der Waals surface area contributed by atoms with E-state index < -0.39 is 0 Å². The van der Waals surface area contributed by atoms with E-state index in [2.05, 4.69) is 21.3 Å². The van der Waals surface area contributed by atoms with Gasteiger partial charge in [-0.05, 0) is 11.4 Å². The van der Waals surface area contributed by atoms with Crippen molar-refractivity contribution in [2.75, 3.05) is 18.4 Å². The van der Waals surface area contributed by atoms with Crippen LogP contribution in [0.2, 0.25) is 0 Å². The summed E-state index contributed by atoms with van der Waals surface area (Å²) in [4.78, 5) is 0. The first-order chi connectivity index (χ1) is 5.45. The predicted octanol–water partition coefficient (Wildman–Crippen LogP) is 0.437. The molecule has 3 nitrogen and oxygen atoms in total. The van der Waals surface area contributed by atoms with Gasteiger partial charge in [-0.25, -0.2) is 0 Å². The number of nitrogens with one attached hydrogen (secondary N) is 3. The minimum absolute atomic E-state index is 0.223. The van der Waals surface area contributed by atoms with Gasteiger partial charge in [-0.3, -0.25) is 10.6 Å². The molecule has 0 aliphatic carbocycles. The first kappa shape index (κ1) is 7.09. The van der Waals surface area contributed by atoms with Gasteiger partial charge in [0.2, 0.25) is 0 Å². The highest BCUT2D eigenvalue weighted by Gasteiger charge is 2.11. The molecule has 1 saturated heterocycles. The third-order valence-corrected chi connectivity index (χ3v) is 2.20. The van der Waals surface area contributed by atoms with Crippen molar-refractivity contribution < 1.29 is 0 Å². The van der Waals surface area contributed by atoms with E-state index in [0.29, 0.717) is 0 Å². The van der Waals surface area contributed by atoms with E-state index >= 15 is 0 Å². The molecule has 0 spiro atoms. The molecule has 0 amide bonds. The van der Waals surface area contributed by atoms with Crippen molar-refractivity contribution in [3.8, 4) is 0 Å². The van der Waals surface area contributed by atoms with Crippen LogP contribution in [-0.4, -0.2) is 19.4 Å². The Morgan fingerprint density at radius 2 is 2.36 bits per heavy atom. The summed E-state index contributed by atoms with van der Waals surface area (Å²) in [6.07, 6.45) is 0.223. The molecule has 0 atom stereocenters. The van der Waals surface area contributed by atoms with Crippen molar-refractivity contribution in [1.82, 2.24) is 10.6 Å². The Morgan fingerprint density at radius 1 is 1.55 bits per heavy atom. The van der Waals surface area contributed by atoms with Gasteiger partial charge in [0.05, 0.1) is 11.1 Å². The third-order valence-electron chi connectivity index (χ3n) is 1.59. The Kier molecular flexibility index (Phi) is 2.07. The van der Waals surface area contributed by atoms with Crippen molar-refractivity contribution in [1.29, 1.82) is 0 Å². The zero-order chi connectivity index (χ0) is 7.52. The summed E-state index contributed by atoms with van der Waals surface area (Å²) in [6, 6.07) is 2.02. The van der Waals surface area contributed by atoms with Crippen LogP contribution in [0.25, 0.3) is 0 Å². The largest absolute Gasteiger partial charge is 0.356 e. The Morgan fingerprint density at radius 3 is 3.00 bits per heavy atom. The summed E-state index contributed by atoms with van der Waals surface area (Å²) in [5.41, 5.74) is 1.06. The molecule has 0 saturated carbocycles. The molecule has 11 heavy (non-hydrogen) atoms. The topological polar surface area (TPSA) is 36.1 Å². The van der Waals surface area contributed by atoms with Gasteiger partial charge in [0.15, 0.2) is 0 Å². The number of thiophene rings is 1. The second-order valence-corrected chi connectivity index (χ2v) is 3.13. The van der Waals surface area contributed by atoms with Crippen LogP contribution in [-0.2, 0) is 0 Å². The lowest BCUT2D eigenvalue weighted by molar-refractivity contribution is 0.621. The van der Waals surface area contributed by atoms with E-state index in [1.165, 1.54) is 0 Å². The minimum atomic E-state index is 0.223. The standard InChI is InChI=1S/C7H10N3S/c1-4-11-5-6(1)10-7-8-2-3-9-7/h1,4,7-10H,2-3H2. The molecule has 1 aromatic rings. The highest BCUT2D eigenvalue weighted by molar-refractivity contribution is 7.07. The zero-order valence-electron chi connectivity index (χ0n) is 6.05.